The Balaban J connectivity index is 1.56. The monoisotopic (exact) mass is 385 g/mol. The van der Waals surface area contributed by atoms with E-state index in [1.54, 1.807) is 13.2 Å². The molecule has 2 heterocycles. The number of carbonyl (C=O) groups is 1. The zero-order valence-electron chi connectivity index (χ0n) is 15.5. The molecule has 2 atom stereocenters. The van der Waals surface area contributed by atoms with Crippen LogP contribution in [0.5, 0.6) is 11.5 Å². The van der Waals surface area contributed by atoms with Gasteiger partial charge in [-0.2, -0.15) is 0 Å². The lowest BCUT2D eigenvalue weighted by atomic mass is 9.99. The Morgan fingerprint density at radius 1 is 1.15 bits per heavy atom. The van der Waals surface area contributed by atoms with Crippen molar-refractivity contribution in [2.24, 2.45) is 0 Å². The number of rotatable bonds is 3. The van der Waals surface area contributed by atoms with Crippen molar-refractivity contribution in [2.75, 3.05) is 13.7 Å². The van der Waals surface area contributed by atoms with E-state index in [2.05, 4.69) is 12.1 Å². The predicted octanol–water partition coefficient (Wildman–Crippen LogP) is 4.80. The van der Waals surface area contributed by atoms with Gasteiger partial charge < -0.3 is 14.4 Å². The van der Waals surface area contributed by atoms with E-state index in [4.69, 9.17) is 21.1 Å². The Bertz CT molecular complexity index is 821. The molecule has 0 bridgehead atoms. The summed E-state index contributed by atoms with van der Waals surface area (Å²) in [5.41, 5.74) is 2.17. The lowest BCUT2D eigenvalue weighted by Crippen LogP contribution is -2.43. The number of methoxy groups -OCH3 is 1. The Hall–Kier alpha value is -2.20. The van der Waals surface area contributed by atoms with E-state index in [0.717, 1.165) is 54.9 Å². The Morgan fingerprint density at radius 3 is 2.74 bits per heavy atom. The highest BCUT2D eigenvalue weighted by Gasteiger charge is 2.36. The maximum absolute atomic E-state index is 13.4. The molecule has 0 spiro atoms. The summed E-state index contributed by atoms with van der Waals surface area (Å²) in [6.45, 7) is 0.770. The number of likely N-dealkylation sites (tertiary alicyclic amines) is 1. The molecule has 2 aromatic rings. The molecule has 0 radical (unpaired) electrons. The lowest BCUT2D eigenvalue weighted by molar-refractivity contribution is -0.140. The highest BCUT2D eigenvalue weighted by atomic mass is 35.5. The summed E-state index contributed by atoms with van der Waals surface area (Å²) in [6, 6.07) is 13.7. The second-order valence-corrected chi connectivity index (χ2v) is 7.67. The fourth-order valence-corrected chi connectivity index (χ4v) is 4.28. The molecule has 1 fully saturated rings. The summed E-state index contributed by atoms with van der Waals surface area (Å²) >= 11 is 6.09. The molecule has 0 saturated carbocycles. The highest BCUT2D eigenvalue weighted by Crippen LogP contribution is 2.35. The van der Waals surface area contributed by atoms with Gasteiger partial charge in [0.15, 0.2) is 6.10 Å². The maximum atomic E-state index is 13.4. The number of nitrogens with zero attached hydrogens (tertiary/aromatic N) is 1. The second-order valence-electron chi connectivity index (χ2n) is 7.23. The van der Waals surface area contributed by atoms with Gasteiger partial charge in [-0.15, -0.1) is 0 Å². The van der Waals surface area contributed by atoms with Crippen LogP contribution in [0.1, 0.15) is 42.9 Å². The van der Waals surface area contributed by atoms with Gasteiger partial charge in [0.25, 0.3) is 5.91 Å². The zero-order valence-corrected chi connectivity index (χ0v) is 16.2. The van der Waals surface area contributed by atoms with E-state index in [9.17, 15) is 4.79 Å². The average molecular weight is 386 g/mol. The highest BCUT2D eigenvalue weighted by molar-refractivity contribution is 6.30. The molecule has 5 heteroatoms. The van der Waals surface area contributed by atoms with Crippen LogP contribution in [-0.4, -0.2) is 30.6 Å². The number of benzene rings is 2. The zero-order chi connectivity index (χ0) is 18.8. The molecular weight excluding hydrogens is 362 g/mol. The Labute approximate surface area is 165 Å². The summed E-state index contributed by atoms with van der Waals surface area (Å²) in [5.74, 6) is 1.68. The van der Waals surface area contributed by atoms with E-state index < -0.39 is 6.10 Å². The number of carbonyl (C=O) groups excluding carboxylic acids is 1. The normalized spacial score (nSPS) is 21.9. The fourth-order valence-electron chi connectivity index (χ4n) is 4.08. The van der Waals surface area contributed by atoms with Gasteiger partial charge in [-0.25, -0.2) is 0 Å². The molecule has 4 rings (SSSR count). The molecular formula is C22H24ClNO3. The molecule has 27 heavy (non-hydrogen) atoms. The number of fused-ring (bicyclic) bond motifs is 1. The van der Waals surface area contributed by atoms with Crippen LogP contribution in [0.2, 0.25) is 5.02 Å². The largest absolute Gasteiger partial charge is 0.497 e. The molecule has 0 aliphatic carbocycles. The number of halogens is 1. The van der Waals surface area contributed by atoms with Crippen molar-refractivity contribution >= 4 is 17.5 Å². The predicted molar refractivity (Wildman–Crippen MR) is 105 cm³/mol. The van der Waals surface area contributed by atoms with E-state index in [1.165, 1.54) is 0 Å². The van der Waals surface area contributed by atoms with Crippen LogP contribution in [0.3, 0.4) is 0 Å². The summed E-state index contributed by atoms with van der Waals surface area (Å²) in [7, 11) is 1.66. The van der Waals surface area contributed by atoms with Crippen molar-refractivity contribution in [2.45, 2.75) is 44.2 Å². The van der Waals surface area contributed by atoms with Gasteiger partial charge in [-0.1, -0.05) is 36.6 Å². The molecule has 0 unspecified atom stereocenters. The molecule has 0 aromatic heterocycles. The lowest BCUT2D eigenvalue weighted by Gasteiger charge is -2.32. The minimum absolute atomic E-state index is 0.0741. The quantitative estimate of drug-likeness (QED) is 0.762. The van der Waals surface area contributed by atoms with Crippen LogP contribution in [-0.2, 0) is 11.2 Å². The summed E-state index contributed by atoms with van der Waals surface area (Å²) in [6.07, 6.45) is 4.41. The van der Waals surface area contributed by atoms with Crippen LogP contribution in [0.25, 0.3) is 0 Å². The van der Waals surface area contributed by atoms with Crippen molar-refractivity contribution in [3.8, 4) is 11.5 Å². The fraction of sp³-hybridized carbons (Fsp3) is 0.409. The van der Waals surface area contributed by atoms with E-state index in [0.29, 0.717) is 11.4 Å². The third-order valence-corrected chi connectivity index (χ3v) is 5.74. The standard InChI is InChI=1S/C22H24ClNO3/c1-26-18-9-6-15(7-10-18)19-5-3-2-4-12-24(19)22(25)21-14-16-13-17(23)8-11-20(16)27-21/h6-11,13,19,21H,2-5,12,14H2,1H3/t19-,21-/m1/s1. The first-order chi connectivity index (χ1) is 13.2. The minimum atomic E-state index is -0.461. The van der Waals surface area contributed by atoms with Crippen LogP contribution in [0.15, 0.2) is 42.5 Å². The Morgan fingerprint density at radius 2 is 1.96 bits per heavy atom. The minimum Gasteiger partial charge on any atom is -0.497 e. The van der Waals surface area contributed by atoms with Crippen molar-refractivity contribution in [3.63, 3.8) is 0 Å². The SMILES string of the molecule is COc1ccc([C@H]2CCCCCN2C(=O)[C@H]2Cc3cc(Cl)ccc3O2)cc1. The van der Waals surface area contributed by atoms with Gasteiger partial charge in [0.1, 0.15) is 11.5 Å². The van der Waals surface area contributed by atoms with E-state index in [-0.39, 0.29) is 11.9 Å². The Kier molecular flexibility index (Phi) is 5.26. The number of amides is 1. The topological polar surface area (TPSA) is 38.8 Å². The summed E-state index contributed by atoms with van der Waals surface area (Å²) in [4.78, 5) is 15.4. The van der Waals surface area contributed by atoms with E-state index in [1.807, 2.05) is 29.2 Å². The average Bonchev–Trinajstić information content (AvgIpc) is 2.95. The molecule has 0 N–H and O–H groups in total. The molecule has 2 aromatic carbocycles. The first kappa shape index (κ1) is 18.2. The first-order valence-corrected chi connectivity index (χ1v) is 9.93. The van der Waals surface area contributed by atoms with Crippen molar-refractivity contribution in [1.29, 1.82) is 0 Å². The smallest absolute Gasteiger partial charge is 0.264 e. The van der Waals surface area contributed by atoms with Gasteiger partial charge >= 0.3 is 0 Å². The van der Waals surface area contributed by atoms with Gasteiger partial charge in [0, 0.05) is 18.0 Å². The molecule has 1 saturated heterocycles. The van der Waals surface area contributed by atoms with Gasteiger partial charge in [0.05, 0.1) is 13.2 Å². The van der Waals surface area contributed by atoms with Gasteiger partial charge in [0.2, 0.25) is 0 Å². The summed E-state index contributed by atoms with van der Waals surface area (Å²) in [5, 5.41) is 0.677. The molecule has 142 valence electrons. The summed E-state index contributed by atoms with van der Waals surface area (Å²) < 4.78 is 11.2. The molecule has 2 aliphatic rings. The number of hydrogen-bond donors (Lipinski definition) is 0. The second kappa shape index (κ2) is 7.81. The molecule has 2 aliphatic heterocycles. The van der Waals surface area contributed by atoms with Gasteiger partial charge in [-0.3, -0.25) is 4.79 Å². The van der Waals surface area contributed by atoms with Crippen molar-refractivity contribution in [1.82, 2.24) is 4.90 Å². The van der Waals surface area contributed by atoms with Crippen molar-refractivity contribution in [3.05, 3.63) is 58.6 Å². The van der Waals surface area contributed by atoms with Gasteiger partial charge in [-0.05, 0) is 54.3 Å². The third-order valence-electron chi connectivity index (χ3n) is 5.51. The van der Waals surface area contributed by atoms with Crippen LogP contribution >= 0.6 is 11.6 Å². The number of hydrogen-bond acceptors (Lipinski definition) is 3. The van der Waals surface area contributed by atoms with Crippen LogP contribution < -0.4 is 9.47 Å². The van der Waals surface area contributed by atoms with E-state index >= 15 is 0 Å². The third kappa shape index (κ3) is 3.77. The molecule has 4 nitrogen and oxygen atoms in total. The van der Waals surface area contributed by atoms with Crippen LogP contribution in [0, 0.1) is 0 Å². The van der Waals surface area contributed by atoms with Crippen molar-refractivity contribution < 1.29 is 14.3 Å². The maximum Gasteiger partial charge on any atom is 0.264 e. The first-order valence-electron chi connectivity index (χ1n) is 9.55. The molecule has 1 amide bonds. The van der Waals surface area contributed by atoms with Crippen LogP contribution in [0.4, 0.5) is 0 Å². The number of ether oxygens (including phenoxy) is 2.